The van der Waals surface area contributed by atoms with Gasteiger partial charge in [-0.15, -0.1) is 34.0 Å². The third-order valence-electron chi connectivity index (χ3n) is 7.19. The molecule has 5 N–H and O–H groups in total. The van der Waals surface area contributed by atoms with E-state index in [4.69, 9.17) is 16.2 Å². The Morgan fingerprint density at radius 3 is 2.69 bits per heavy atom. The number of aromatic nitrogens is 1. The van der Waals surface area contributed by atoms with Crippen LogP contribution in [0.2, 0.25) is 0 Å². The van der Waals surface area contributed by atoms with Gasteiger partial charge < -0.3 is 21.5 Å². The lowest BCUT2D eigenvalue weighted by molar-refractivity contribution is 0.0526. The molecule has 1 aliphatic carbocycles. The van der Waals surface area contributed by atoms with Gasteiger partial charge in [0, 0.05) is 20.7 Å². The summed E-state index contributed by atoms with van der Waals surface area (Å²) in [7, 11) is 0. The number of ether oxygens (including phenoxy) is 1. The second-order valence-electron chi connectivity index (χ2n) is 10.5. The number of amides is 1. The average molecular weight is 580 g/mol. The zero-order valence-electron chi connectivity index (χ0n) is 22.1. The number of carbonyl (C=O) groups is 2. The van der Waals surface area contributed by atoms with Crippen molar-refractivity contribution in [1.82, 2.24) is 4.98 Å². The van der Waals surface area contributed by atoms with Gasteiger partial charge in [-0.3, -0.25) is 4.79 Å². The van der Waals surface area contributed by atoms with Gasteiger partial charge >= 0.3 is 5.97 Å². The Hall–Kier alpha value is -3.46. The predicted octanol–water partition coefficient (Wildman–Crippen LogP) is 6.70. The highest BCUT2D eigenvalue weighted by Crippen LogP contribution is 2.46. The monoisotopic (exact) mass is 579 g/mol. The number of thiophene rings is 3. The summed E-state index contributed by atoms with van der Waals surface area (Å²) in [6.07, 6.45) is 2.57. The maximum atomic E-state index is 13.7. The largest absolute Gasteiger partial charge is 0.462 e. The van der Waals surface area contributed by atoms with E-state index in [1.165, 1.54) is 22.7 Å². The third-order valence-corrected chi connectivity index (χ3v) is 10.3. The van der Waals surface area contributed by atoms with E-state index in [2.05, 4.69) is 37.1 Å². The molecule has 39 heavy (non-hydrogen) atoms. The van der Waals surface area contributed by atoms with E-state index in [1.54, 1.807) is 6.92 Å². The Bertz CT molecular complexity index is 1640. The number of hydrogen-bond acceptors (Lipinski definition) is 10. The average Bonchev–Trinajstić information content (AvgIpc) is 3.60. The van der Waals surface area contributed by atoms with E-state index in [1.807, 2.05) is 17.5 Å². The molecule has 8 nitrogen and oxygen atoms in total. The Kier molecular flexibility index (Phi) is 7.13. The predicted molar refractivity (Wildman–Crippen MR) is 160 cm³/mol. The van der Waals surface area contributed by atoms with Crippen LogP contribution in [0.4, 0.5) is 16.5 Å². The second-order valence-corrected chi connectivity index (χ2v) is 13.6. The first kappa shape index (κ1) is 27.1. The molecule has 0 spiro atoms. The fourth-order valence-electron chi connectivity index (χ4n) is 5.11. The van der Waals surface area contributed by atoms with Crippen molar-refractivity contribution >= 4 is 72.6 Å². The van der Waals surface area contributed by atoms with Crippen LogP contribution in [0, 0.1) is 22.7 Å². The van der Waals surface area contributed by atoms with Gasteiger partial charge in [-0.1, -0.05) is 26.8 Å². The minimum absolute atomic E-state index is 0.0885. The first-order valence-corrected chi connectivity index (χ1v) is 15.1. The molecule has 1 amide bonds. The molecule has 0 saturated heterocycles. The number of nitriles is 1. The number of anilines is 3. The summed E-state index contributed by atoms with van der Waals surface area (Å²) in [4.78, 5) is 33.7. The Balaban J connectivity index is 1.58. The van der Waals surface area contributed by atoms with E-state index >= 15 is 0 Å². The summed E-state index contributed by atoms with van der Waals surface area (Å²) in [5.74, 6) is -0.314. The lowest BCUT2D eigenvalue weighted by Crippen LogP contribution is -2.26. The highest BCUT2D eigenvalue weighted by atomic mass is 32.1. The molecular formula is C28H29N5O3S3. The van der Waals surface area contributed by atoms with Crippen LogP contribution in [0.5, 0.6) is 0 Å². The number of nitrogens with two attached hydrogens (primary N) is 2. The molecule has 4 aromatic heterocycles. The van der Waals surface area contributed by atoms with Crippen molar-refractivity contribution in [3.63, 3.8) is 0 Å². The summed E-state index contributed by atoms with van der Waals surface area (Å²) in [5, 5.41) is 15.7. The standard InChI is InChI=1S/C28H29N5O3S3/c1-5-36-27(35)19-14-9-8-13(28(2,3)4)11-17(14)38-25(19)33-24(34)22-21(30)20-18(16-7-6-10-37-16)15(12-29)23(31)32-26(20)39-22/h6-7,10,13H,5,8-9,11,30H2,1-4H3,(H2,31,32)(H,33,34). The van der Waals surface area contributed by atoms with Gasteiger partial charge in [0.2, 0.25) is 0 Å². The van der Waals surface area contributed by atoms with Crippen molar-refractivity contribution in [2.24, 2.45) is 11.3 Å². The summed E-state index contributed by atoms with van der Waals surface area (Å²) in [6.45, 7) is 8.71. The number of nitrogen functional groups attached to an aromatic ring is 2. The van der Waals surface area contributed by atoms with E-state index in [-0.39, 0.29) is 34.0 Å². The molecule has 4 aromatic rings. The van der Waals surface area contributed by atoms with Crippen molar-refractivity contribution < 1.29 is 14.3 Å². The molecule has 0 radical (unpaired) electrons. The van der Waals surface area contributed by atoms with Crippen LogP contribution < -0.4 is 16.8 Å². The highest BCUT2D eigenvalue weighted by Gasteiger charge is 2.35. The molecular weight excluding hydrogens is 551 g/mol. The maximum Gasteiger partial charge on any atom is 0.341 e. The van der Waals surface area contributed by atoms with Gasteiger partial charge in [0.15, 0.2) is 0 Å². The summed E-state index contributed by atoms with van der Waals surface area (Å²) < 4.78 is 5.38. The number of esters is 1. The van der Waals surface area contributed by atoms with Gasteiger partial charge in [-0.05, 0) is 54.5 Å². The van der Waals surface area contributed by atoms with Crippen LogP contribution in [0.25, 0.3) is 20.7 Å². The van der Waals surface area contributed by atoms with Gasteiger partial charge in [-0.25, -0.2) is 9.78 Å². The lowest BCUT2D eigenvalue weighted by atomic mass is 9.72. The second kappa shape index (κ2) is 10.3. The smallest absolute Gasteiger partial charge is 0.341 e. The minimum Gasteiger partial charge on any atom is -0.462 e. The molecule has 202 valence electrons. The number of nitrogens with one attached hydrogen (secondary N) is 1. The lowest BCUT2D eigenvalue weighted by Gasteiger charge is -2.33. The number of rotatable bonds is 5. The SMILES string of the molecule is CCOC(=O)c1c(NC(=O)c2sc3nc(N)c(C#N)c(-c4cccs4)c3c2N)sc2c1CCC(C(C)(C)C)C2. The zero-order chi connectivity index (χ0) is 28.1. The molecule has 0 aromatic carbocycles. The number of fused-ring (bicyclic) bond motifs is 2. The molecule has 0 bridgehead atoms. The molecule has 0 aliphatic heterocycles. The molecule has 0 fully saturated rings. The molecule has 11 heteroatoms. The van der Waals surface area contributed by atoms with Crippen molar-refractivity contribution in [1.29, 1.82) is 5.26 Å². The first-order chi connectivity index (χ1) is 18.5. The number of pyridine rings is 1. The number of carbonyl (C=O) groups excluding carboxylic acids is 2. The van der Waals surface area contributed by atoms with Crippen molar-refractivity contribution in [3.05, 3.63) is 44.0 Å². The Morgan fingerprint density at radius 2 is 2.05 bits per heavy atom. The van der Waals surface area contributed by atoms with E-state index in [0.717, 1.165) is 45.9 Å². The van der Waals surface area contributed by atoms with Crippen LogP contribution in [0.3, 0.4) is 0 Å². The molecule has 1 aliphatic rings. The number of nitrogens with zero attached hydrogens (tertiary/aromatic N) is 2. The van der Waals surface area contributed by atoms with Crippen molar-refractivity contribution in [2.45, 2.75) is 47.0 Å². The minimum atomic E-state index is -0.443. The van der Waals surface area contributed by atoms with E-state index in [0.29, 0.717) is 32.3 Å². The summed E-state index contributed by atoms with van der Waals surface area (Å²) >= 11 is 4.00. The number of hydrogen-bond donors (Lipinski definition) is 3. The quantitative estimate of drug-likeness (QED) is 0.223. The van der Waals surface area contributed by atoms with Crippen molar-refractivity contribution in [2.75, 3.05) is 23.4 Å². The van der Waals surface area contributed by atoms with Crippen LogP contribution in [-0.2, 0) is 17.6 Å². The molecule has 1 atom stereocenters. The molecule has 0 saturated carbocycles. The van der Waals surface area contributed by atoms with E-state index < -0.39 is 11.9 Å². The van der Waals surface area contributed by atoms with Crippen molar-refractivity contribution in [3.8, 4) is 16.5 Å². The normalized spacial score (nSPS) is 15.1. The van der Waals surface area contributed by atoms with Gasteiger partial charge in [0.25, 0.3) is 5.91 Å². The zero-order valence-corrected chi connectivity index (χ0v) is 24.6. The van der Waals surface area contributed by atoms with Gasteiger partial charge in [-0.2, -0.15) is 5.26 Å². The molecule has 1 unspecified atom stereocenters. The molecule has 5 rings (SSSR count). The molecule has 4 heterocycles. The third kappa shape index (κ3) is 4.77. The van der Waals surface area contributed by atoms with Crippen LogP contribution in [0.1, 0.15) is 70.1 Å². The highest BCUT2D eigenvalue weighted by molar-refractivity contribution is 7.22. The fraction of sp³-hybridized carbons (Fsp3) is 0.357. The van der Waals surface area contributed by atoms with Crippen LogP contribution >= 0.6 is 34.0 Å². The summed E-state index contributed by atoms with van der Waals surface area (Å²) in [5.41, 5.74) is 15.3. The van der Waals surface area contributed by atoms with Crippen LogP contribution in [-0.4, -0.2) is 23.5 Å². The van der Waals surface area contributed by atoms with Gasteiger partial charge in [0.1, 0.15) is 32.2 Å². The fourth-order valence-corrected chi connectivity index (χ4v) is 8.21. The summed E-state index contributed by atoms with van der Waals surface area (Å²) in [6, 6.07) is 5.89. The van der Waals surface area contributed by atoms with Crippen LogP contribution in [0.15, 0.2) is 17.5 Å². The van der Waals surface area contributed by atoms with E-state index in [9.17, 15) is 14.9 Å². The van der Waals surface area contributed by atoms with Gasteiger partial charge in [0.05, 0.1) is 17.9 Å². The maximum absolute atomic E-state index is 13.7. The Labute approximate surface area is 238 Å². The first-order valence-electron chi connectivity index (χ1n) is 12.6. The Morgan fingerprint density at radius 1 is 1.28 bits per heavy atom. The topological polar surface area (TPSA) is 144 Å².